The molecule has 0 aliphatic rings. The van der Waals surface area contributed by atoms with Gasteiger partial charge in [0.2, 0.25) is 0 Å². The normalized spacial score (nSPS) is 11.8. The van der Waals surface area contributed by atoms with Crippen LogP contribution >= 0.6 is 34.0 Å². The van der Waals surface area contributed by atoms with Crippen LogP contribution in [0.5, 0.6) is 0 Å². The monoisotopic (exact) mass is 420 g/mol. The second-order valence-electron chi connectivity index (χ2n) is 6.83. The first-order chi connectivity index (χ1) is 8.90. The fraction of sp³-hybridized carbons (Fsp3) is 0.684. The summed E-state index contributed by atoms with van der Waals surface area (Å²) in [4.78, 5) is 0. The van der Waals surface area contributed by atoms with Crippen LogP contribution in [0.25, 0.3) is 0 Å². The molecule has 0 aliphatic carbocycles. The molecule has 1 aromatic rings. The van der Waals surface area contributed by atoms with E-state index in [1.54, 1.807) is 5.56 Å². The third-order valence-corrected chi connectivity index (χ3v) is 4.34. The maximum atomic E-state index is 2.41. The van der Waals surface area contributed by atoms with Crippen molar-refractivity contribution in [3.8, 4) is 0 Å². The molecular formula is C19H34Br2. The molecule has 0 radical (unpaired) electrons. The molecule has 2 heteroatoms. The van der Waals surface area contributed by atoms with Crippen LogP contribution in [0.1, 0.15) is 68.7 Å². The molecule has 0 aromatic heterocycles. The summed E-state index contributed by atoms with van der Waals surface area (Å²) in [6.07, 6.45) is 6.75. The second kappa shape index (κ2) is 11.7. The summed E-state index contributed by atoms with van der Waals surface area (Å²) in [5, 5.41) is 0. The lowest BCUT2D eigenvalue weighted by Crippen LogP contribution is -2.01. The minimum atomic E-state index is 0. The van der Waals surface area contributed by atoms with Crippen molar-refractivity contribution in [2.45, 2.75) is 73.6 Å². The van der Waals surface area contributed by atoms with Gasteiger partial charge in [0, 0.05) is 0 Å². The molecule has 0 nitrogen and oxygen atoms in total. The summed E-state index contributed by atoms with van der Waals surface area (Å²) >= 11 is 0. The lowest BCUT2D eigenvalue weighted by atomic mass is 9.91. The van der Waals surface area contributed by atoms with Crippen molar-refractivity contribution < 1.29 is 0 Å². The lowest BCUT2D eigenvalue weighted by Gasteiger charge is -2.14. The summed E-state index contributed by atoms with van der Waals surface area (Å²) in [7, 11) is 0. The van der Waals surface area contributed by atoms with Gasteiger partial charge in [0.25, 0.3) is 0 Å². The Hall–Kier alpha value is 0.180. The smallest absolute Gasteiger partial charge is 0.0274 e. The van der Waals surface area contributed by atoms with Gasteiger partial charge in [0.05, 0.1) is 0 Å². The Morgan fingerprint density at radius 2 is 1.33 bits per heavy atom. The number of rotatable bonds is 7. The topological polar surface area (TPSA) is 0 Å². The molecule has 1 atom stereocenters. The molecule has 0 spiro atoms. The van der Waals surface area contributed by atoms with Crippen molar-refractivity contribution in [1.82, 2.24) is 0 Å². The quantitative estimate of drug-likeness (QED) is 0.437. The van der Waals surface area contributed by atoms with Crippen LogP contribution in [0.4, 0.5) is 0 Å². The van der Waals surface area contributed by atoms with Crippen LogP contribution in [0, 0.1) is 32.6 Å². The molecule has 1 aromatic carbocycles. The number of aryl methyl sites for hydroxylation is 4. The molecule has 0 fully saturated rings. The van der Waals surface area contributed by atoms with Crippen LogP contribution in [-0.4, -0.2) is 0 Å². The van der Waals surface area contributed by atoms with Gasteiger partial charge in [-0.25, -0.2) is 0 Å². The first-order valence-corrected chi connectivity index (χ1v) is 7.97. The molecular weight excluding hydrogens is 388 g/mol. The molecule has 124 valence electrons. The lowest BCUT2D eigenvalue weighted by molar-refractivity contribution is 0.436. The van der Waals surface area contributed by atoms with Crippen LogP contribution in [-0.2, 0) is 6.42 Å². The molecule has 21 heavy (non-hydrogen) atoms. The Labute approximate surface area is 153 Å². The fourth-order valence-corrected chi connectivity index (χ4v) is 2.71. The summed E-state index contributed by atoms with van der Waals surface area (Å²) in [5.74, 6) is 1.72. The average Bonchev–Trinajstić information content (AvgIpc) is 2.31. The van der Waals surface area contributed by atoms with Gasteiger partial charge < -0.3 is 0 Å². The highest BCUT2D eigenvalue weighted by Crippen LogP contribution is 2.21. The molecule has 1 unspecified atom stereocenters. The highest BCUT2D eigenvalue weighted by Gasteiger charge is 2.06. The Morgan fingerprint density at radius 1 is 0.762 bits per heavy atom. The summed E-state index contributed by atoms with van der Waals surface area (Å²) in [6.45, 7) is 13.7. The van der Waals surface area contributed by atoms with Gasteiger partial charge in [-0.3, -0.25) is 0 Å². The van der Waals surface area contributed by atoms with Crippen molar-refractivity contribution in [3.05, 3.63) is 34.4 Å². The van der Waals surface area contributed by atoms with E-state index in [9.17, 15) is 0 Å². The zero-order valence-electron chi connectivity index (χ0n) is 14.7. The summed E-state index contributed by atoms with van der Waals surface area (Å²) < 4.78 is 0. The average molecular weight is 422 g/mol. The zero-order chi connectivity index (χ0) is 14.4. The van der Waals surface area contributed by atoms with Gasteiger partial charge >= 0.3 is 0 Å². The summed E-state index contributed by atoms with van der Waals surface area (Å²) in [6, 6.07) is 4.74. The molecule has 0 bridgehead atoms. The molecule has 0 saturated heterocycles. The largest absolute Gasteiger partial charge is 0.114 e. The van der Waals surface area contributed by atoms with Crippen LogP contribution in [0.15, 0.2) is 12.1 Å². The maximum absolute atomic E-state index is 2.41. The van der Waals surface area contributed by atoms with Crippen molar-refractivity contribution in [2.24, 2.45) is 11.8 Å². The third kappa shape index (κ3) is 9.03. The van der Waals surface area contributed by atoms with E-state index in [4.69, 9.17) is 0 Å². The predicted molar refractivity (Wildman–Crippen MR) is 107 cm³/mol. The second-order valence-corrected chi connectivity index (χ2v) is 6.83. The number of hydrogen-bond acceptors (Lipinski definition) is 0. The standard InChI is InChI=1S/C19H32.2BrH/c1-14(2)8-7-9-15(3)10-11-19-13-17(5)16(4)12-18(19)6;;/h12-15H,7-11H2,1-6H3;2*1H. The predicted octanol–water partition coefficient (Wildman–Crippen LogP) is 7.16. The van der Waals surface area contributed by atoms with Crippen molar-refractivity contribution in [3.63, 3.8) is 0 Å². The van der Waals surface area contributed by atoms with E-state index in [1.165, 1.54) is 48.8 Å². The molecule has 1 rings (SSSR count). The SMILES string of the molecule is Br.Br.Cc1cc(C)c(CCC(C)CCCC(C)C)cc1C. The van der Waals surface area contributed by atoms with E-state index in [1.807, 2.05) is 0 Å². The van der Waals surface area contributed by atoms with Gasteiger partial charge in [0.15, 0.2) is 0 Å². The third-order valence-electron chi connectivity index (χ3n) is 4.34. The first-order valence-electron chi connectivity index (χ1n) is 7.97. The van der Waals surface area contributed by atoms with Gasteiger partial charge in [-0.1, -0.05) is 52.2 Å². The van der Waals surface area contributed by atoms with E-state index in [0.717, 1.165) is 11.8 Å². The van der Waals surface area contributed by atoms with E-state index in [2.05, 4.69) is 53.7 Å². The van der Waals surface area contributed by atoms with E-state index >= 15 is 0 Å². The van der Waals surface area contributed by atoms with E-state index in [0.29, 0.717) is 0 Å². The van der Waals surface area contributed by atoms with Crippen molar-refractivity contribution in [2.75, 3.05) is 0 Å². The molecule has 0 heterocycles. The van der Waals surface area contributed by atoms with Crippen LogP contribution in [0.3, 0.4) is 0 Å². The Morgan fingerprint density at radius 3 is 1.90 bits per heavy atom. The Bertz CT molecular complexity index is 397. The molecule has 0 N–H and O–H groups in total. The van der Waals surface area contributed by atoms with Gasteiger partial charge in [-0.2, -0.15) is 0 Å². The Balaban J connectivity index is 0. The fourth-order valence-electron chi connectivity index (χ4n) is 2.71. The minimum Gasteiger partial charge on any atom is -0.114 e. The molecule has 0 aliphatic heterocycles. The first kappa shape index (κ1) is 23.4. The number of halogens is 2. The van der Waals surface area contributed by atoms with Crippen LogP contribution < -0.4 is 0 Å². The summed E-state index contributed by atoms with van der Waals surface area (Å²) in [5.41, 5.74) is 5.88. The van der Waals surface area contributed by atoms with Gasteiger partial charge in [-0.05, 0) is 67.7 Å². The molecule has 0 amide bonds. The molecule has 0 saturated carbocycles. The number of benzene rings is 1. The van der Waals surface area contributed by atoms with Crippen molar-refractivity contribution in [1.29, 1.82) is 0 Å². The van der Waals surface area contributed by atoms with Crippen LogP contribution in [0.2, 0.25) is 0 Å². The van der Waals surface area contributed by atoms with Gasteiger partial charge in [-0.15, -0.1) is 34.0 Å². The van der Waals surface area contributed by atoms with Crippen molar-refractivity contribution >= 4 is 34.0 Å². The highest BCUT2D eigenvalue weighted by atomic mass is 79.9. The van der Waals surface area contributed by atoms with Gasteiger partial charge in [0.1, 0.15) is 0 Å². The van der Waals surface area contributed by atoms with E-state index < -0.39 is 0 Å². The highest BCUT2D eigenvalue weighted by molar-refractivity contribution is 8.93. The Kier molecular flexibility index (Phi) is 13.1. The zero-order valence-corrected chi connectivity index (χ0v) is 18.1. The van der Waals surface area contributed by atoms with E-state index in [-0.39, 0.29) is 34.0 Å². The number of hydrogen-bond donors (Lipinski definition) is 0. The maximum Gasteiger partial charge on any atom is -0.0274 e. The minimum absolute atomic E-state index is 0.